The molecule has 1 aliphatic rings. The Labute approximate surface area is 60.3 Å². The average Bonchev–Trinajstić information content (AvgIpc) is 1.82. The van der Waals surface area contributed by atoms with Gasteiger partial charge in [-0.3, -0.25) is 4.79 Å². The third-order valence-corrected chi connectivity index (χ3v) is 1.77. The van der Waals surface area contributed by atoms with Crippen LogP contribution in [0, 0.1) is 0 Å². The van der Waals surface area contributed by atoms with E-state index < -0.39 is 0 Å². The molecule has 2 atom stereocenters. The normalized spacial score (nSPS) is 31.0. The zero-order valence-corrected chi connectivity index (χ0v) is 6.29. The largest absolute Gasteiger partial charge is 0.460 e. The molecular formula is C7H12O3. The molecule has 0 aromatic rings. The Morgan fingerprint density at radius 1 is 1.40 bits per heavy atom. The van der Waals surface area contributed by atoms with Gasteiger partial charge in [0.25, 0.3) is 0 Å². The van der Waals surface area contributed by atoms with Gasteiger partial charge in [0.1, 0.15) is 6.10 Å². The summed E-state index contributed by atoms with van der Waals surface area (Å²) < 4.78 is 9.95. The zero-order chi connectivity index (χ0) is 7.56. The monoisotopic (exact) mass is 144 g/mol. The standard InChI is InChI=1S/C7H12O3/c1-5(8)10-7-4-3-6(7)9-2/h6-7H,3-4H2,1-2H3. The van der Waals surface area contributed by atoms with Crippen molar-refractivity contribution in [1.29, 1.82) is 0 Å². The second-order valence-corrected chi connectivity index (χ2v) is 2.50. The molecule has 0 bridgehead atoms. The Hall–Kier alpha value is -0.570. The maximum atomic E-state index is 10.4. The van der Waals surface area contributed by atoms with Crippen LogP contribution in [0.3, 0.4) is 0 Å². The van der Waals surface area contributed by atoms with Crippen LogP contribution in [0.4, 0.5) is 0 Å². The molecule has 1 rings (SSSR count). The molecule has 2 unspecified atom stereocenters. The van der Waals surface area contributed by atoms with Gasteiger partial charge < -0.3 is 9.47 Å². The van der Waals surface area contributed by atoms with Crippen molar-refractivity contribution in [3.8, 4) is 0 Å². The van der Waals surface area contributed by atoms with E-state index in [0.717, 1.165) is 12.8 Å². The van der Waals surface area contributed by atoms with Crippen molar-refractivity contribution in [3.05, 3.63) is 0 Å². The molecule has 0 spiro atoms. The topological polar surface area (TPSA) is 35.5 Å². The van der Waals surface area contributed by atoms with Gasteiger partial charge in [0, 0.05) is 14.0 Å². The van der Waals surface area contributed by atoms with E-state index in [9.17, 15) is 4.79 Å². The summed E-state index contributed by atoms with van der Waals surface area (Å²) in [5, 5.41) is 0. The molecule has 1 fully saturated rings. The van der Waals surface area contributed by atoms with E-state index in [2.05, 4.69) is 0 Å². The number of esters is 1. The lowest BCUT2D eigenvalue weighted by atomic mass is 9.92. The summed E-state index contributed by atoms with van der Waals surface area (Å²) in [5.41, 5.74) is 0. The van der Waals surface area contributed by atoms with Crippen LogP contribution in [-0.2, 0) is 14.3 Å². The van der Waals surface area contributed by atoms with Crippen molar-refractivity contribution in [3.63, 3.8) is 0 Å². The lowest BCUT2D eigenvalue weighted by Gasteiger charge is -2.33. The summed E-state index contributed by atoms with van der Waals surface area (Å²) in [6.45, 7) is 1.42. The molecule has 0 N–H and O–H groups in total. The van der Waals surface area contributed by atoms with E-state index in [0.29, 0.717) is 0 Å². The first kappa shape index (κ1) is 7.54. The molecule has 0 aromatic carbocycles. The Kier molecular flexibility index (Phi) is 2.27. The van der Waals surface area contributed by atoms with Gasteiger partial charge in [-0.1, -0.05) is 0 Å². The SMILES string of the molecule is COC1CCC1OC(C)=O. The molecule has 3 nitrogen and oxygen atoms in total. The molecule has 0 saturated heterocycles. The van der Waals surface area contributed by atoms with E-state index in [4.69, 9.17) is 9.47 Å². The first-order valence-electron chi connectivity index (χ1n) is 3.44. The van der Waals surface area contributed by atoms with Crippen LogP contribution in [0.2, 0.25) is 0 Å². The van der Waals surface area contributed by atoms with Crippen LogP contribution in [0.15, 0.2) is 0 Å². The Bertz CT molecular complexity index is 131. The average molecular weight is 144 g/mol. The molecule has 0 aromatic heterocycles. The molecule has 3 heteroatoms. The van der Waals surface area contributed by atoms with Crippen LogP contribution in [-0.4, -0.2) is 25.3 Å². The smallest absolute Gasteiger partial charge is 0.302 e. The number of hydrogen-bond donors (Lipinski definition) is 0. The highest BCUT2D eigenvalue weighted by Gasteiger charge is 2.33. The number of carbonyl (C=O) groups excluding carboxylic acids is 1. The minimum atomic E-state index is -0.216. The highest BCUT2D eigenvalue weighted by molar-refractivity contribution is 5.66. The van der Waals surface area contributed by atoms with Gasteiger partial charge in [0.2, 0.25) is 0 Å². The van der Waals surface area contributed by atoms with Crippen molar-refractivity contribution in [2.75, 3.05) is 7.11 Å². The molecule has 0 heterocycles. The van der Waals surface area contributed by atoms with Crippen LogP contribution < -0.4 is 0 Å². The van der Waals surface area contributed by atoms with Gasteiger partial charge in [-0.25, -0.2) is 0 Å². The fourth-order valence-electron chi connectivity index (χ4n) is 1.06. The molecular weight excluding hydrogens is 132 g/mol. The second kappa shape index (κ2) is 3.01. The van der Waals surface area contributed by atoms with E-state index in [1.807, 2.05) is 0 Å². The molecule has 10 heavy (non-hydrogen) atoms. The number of ether oxygens (including phenoxy) is 2. The van der Waals surface area contributed by atoms with Gasteiger partial charge >= 0.3 is 5.97 Å². The first-order valence-corrected chi connectivity index (χ1v) is 3.44. The lowest BCUT2D eigenvalue weighted by Crippen LogP contribution is -2.41. The number of methoxy groups -OCH3 is 1. The predicted molar refractivity (Wildman–Crippen MR) is 35.6 cm³/mol. The maximum Gasteiger partial charge on any atom is 0.302 e. The second-order valence-electron chi connectivity index (χ2n) is 2.50. The summed E-state index contributed by atoms with van der Waals surface area (Å²) in [5.74, 6) is -0.216. The van der Waals surface area contributed by atoms with E-state index >= 15 is 0 Å². The molecule has 1 saturated carbocycles. The summed E-state index contributed by atoms with van der Waals surface area (Å²) in [7, 11) is 1.64. The number of rotatable bonds is 2. The molecule has 58 valence electrons. The van der Waals surface area contributed by atoms with Crippen molar-refractivity contribution < 1.29 is 14.3 Å². The maximum absolute atomic E-state index is 10.4. The summed E-state index contributed by atoms with van der Waals surface area (Å²) >= 11 is 0. The fraction of sp³-hybridized carbons (Fsp3) is 0.857. The number of carbonyl (C=O) groups is 1. The highest BCUT2D eigenvalue weighted by Crippen LogP contribution is 2.25. The third-order valence-electron chi connectivity index (χ3n) is 1.77. The summed E-state index contributed by atoms with van der Waals surface area (Å²) in [4.78, 5) is 10.4. The number of hydrogen-bond acceptors (Lipinski definition) is 3. The fourth-order valence-corrected chi connectivity index (χ4v) is 1.06. The Balaban J connectivity index is 2.23. The Morgan fingerprint density at radius 3 is 2.30 bits per heavy atom. The molecule has 0 aliphatic heterocycles. The lowest BCUT2D eigenvalue weighted by molar-refractivity contribution is -0.164. The van der Waals surface area contributed by atoms with Gasteiger partial charge in [-0.15, -0.1) is 0 Å². The van der Waals surface area contributed by atoms with Gasteiger partial charge in [0.15, 0.2) is 0 Å². The zero-order valence-electron chi connectivity index (χ0n) is 6.29. The van der Waals surface area contributed by atoms with Crippen LogP contribution in [0.25, 0.3) is 0 Å². The molecule has 0 amide bonds. The minimum absolute atomic E-state index is 0.0162. The van der Waals surface area contributed by atoms with E-state index in [1.54, 1.807) is 7.11 Å². The van der Waals surface area contributed by atoms with E-state index in [-0.39, 0.29) is 18.2 Å². The summed E-state index contributed by atoms with van der Waals surface area (Å²) in [6, 6.07) is 0. The highest BCUT2D eigenvalue weighted by atomic mass is 16.6. The molecule has 1 aliphatic carbocycles. The van der Waals surface area contributed by atoms with Gasteiger partial charge in [-0.2, -0.15) is 0 Å². The third kappa shape index (κ3) is 1.48. The Morgan fingerprint density at radius 2 is 2.00 bits per heavy atom. The van der Waals surface area contributed by atoms with Crippen LogP contribution >= 0.6 is 0 Å². The van der Waals surface area contributed by atoms with Crippen molar-refractivity contribution in [1.82, 2.24) is 0 Å². The van der Waals surface area contributed by atoms with E-state index in [1.165, 1.54) is 6.92 Å². The van der Waals surface area contributed by atoms with Crippen LogP contribution in [0.5, 0.6) is 0 Å². The quantitative estimate of drug-likeness (QED) is 0.536. The predicted octanol–water partition coefficient (Wildman–Crippen LogP) is 0.727. The van der Waals surface area contributed by atoms with Crippen molar-refractivity contribution in [2.45, 2.75) is 32.0 Å². The first-order chi connectivity index (χ1) is 4.74. The van der Waals surface area contributed by atoms with Crippen LogP contribution in [0.1, 0.15) is 19.8 Å². The van der Waals surface area contributed by atoms with Gasteiger partial charge in [-0.05, 0) is 12.8 Å². The van der Waals surface area contributed by atoms with Gasteiger partial charge in [0.05, 0.1) is 6.10 Å². The summed E-state index contributed by atoms with van der Waals surface area (Å²) in [6.07, 6.45) is 2.11. The molecule has 0 radical (unpaired) electrons. The van der Waals surface area contributed by atoms with Crippen molar-refractivity contribution in [2.24, 2.45) is 0 Å². The van der Waals surface area contributed by atoms with Crippen molar-refractivity contribution >= 4 is 5.97 Å². The minimum Gasteiger partial charge on any atom is -0.460 e.